The molecule has 0 radical (unpaired) electrons. The van der Waals surface area contributed by atoms with Gasteiger partial charge < -0.3 is 0 Å². The van der Waals surface area contributed by atoms with Crippen LogP contribution < -0.4 is 0 Å². The van der Waals surface area contributed by atoms with Crippen LogP contribution in [-0.4, -0.2) is 25.9 Å². The van der Waals surface area contributed by atoms with E-state index >= 15 is 0 Å². The molecule has 0 aromatic carbocycles. The summed E-state index contributed by atoms with van der Waals surface area (Å²) < 4.78 is 0.626. The van der Waals surface area contributed by atoms with Crippen molar-refractivity contribution < 1.29 is 6.22 Å². The summed E-state index contributed by atoms with van der Waals surface area (Å²) >= 11 is 5.66. The Morgan fingerprint density at radius 2 is 1.88 bits per heavy atom. The molecule has 2 rings (SSSR count). The predicted octanol–water partition coefficient (Wildman–Crippen LogP) is 4.82. The summed E-state index contributed by atoms with van der Waals surface area (Å²) in [6.45, 7) is 5.48. The van der Waals surface area contributed by atoms with Crippen LogP contribution in [0.1, 0.15) is 41.5 Å². The molecule has 1 aliphatic carbocycles. The molecule has 2 atom stereocenters. The van der Waals surface area contributed by atoms with E-state index in [1.54, 1.807) is 6.92 Å². The van der Waals surface area contributed by atoms with Crippen LogP contribution in [0.25, 0.3) is 0 Å². The van der Waals surface area contributed by atoms with Crippen molar-refractivity contribution >= 4 is 40.4 Å². The van der Waals surface area contributed by atoms with Crippen LogP contribution in [0.3, 0.4) is 0 Å². The highest BCUT2D eigenvalue weighted by Gasteiger charge is 2.36. The van der Waals surface area contributed by atoms with E-state index in [1.807, 2.05) is 0 Å². The fraction of sp³-hybridized carbons (Fsp3) is 0.769. The SMILES string of the molecule is C.C=C(C)C(=O)SCC1SC2CCCCC2S1.[HH]. The van der Waals surface area contributed by atoms with Gasteiger partial charge in [0.05, 0.1) is 4.58 Å². The zero-order valence-electron chi connectivity index (χ0n) is 9.61. The van der Waals surface area contributed by atoms with Crippen LogP contribution in [-0.2, 0) is 4.79 Å². The molecule has 0 aromatic rings. The summed E-state index contributed by atoms with van der Waals surface area (Å²) in [5, 5.41) is 1.89. The largest absolute Gasteiger partial charge is 0.282 e. The summed E-state index contributed by atoms with van der Waals surface area (Å²) in [7, 11) is 0. The Morgan fingerprint density at radius 3 is 2.35 bits per heavy atom. The van der Waals surface area contributed by atoms with Crippen molar-refractivity contribution in [3.8, 4) is 0 Å². The zero-order valence-corrected chi connectivity index (χ0v) is 12.1. The van der Waals surface area contributed by atoms with Gasteiger partial charge in [-0.1, -0.05) is 38.6 Å². The Bertz CT molecular complexity index is 282. The number of fused-ring (bicyclic) bond motifs is 1. The average molecular weight is 293 g/mol. The minimum Gasteiger partial charge on any atom is -0.282 e. The van der Waals surface area contributed by atoms with E-state index in [9.17, 15) is 4.79 Å². The maximum absolute atomic E-state index is 11.5. The third-order valence-corrected chi connectivity index (χ3v) is 8.13. The van der Waals surface area contributed by atoms with Gasteiger partial charge in [0.25, 0.3) is 0 Å². The van der Waals surface area contributed by atoms with E-state index < -0.39 is 0 Å². The van der Waals surface area contributed by atoms with Gasteiger partial charge in [-0.2, -0.15) is 0 Å². The van der Waals surface area contributed by atoms with Crippen LogP contribution in [0, 0.1) is 0 Å². The smallest absolute Gasteiger partial charge is 0.214 e. The van der Waals surface area contributed by atoms with Gasteiger partial charge in [0.15, 0.2) is 0 Å². The molecule has 1 nitrogen and oxygen atoms in total. The van der Waals surface area contributed by atoms with E-state index in [1.165, 1.54) is 37.4 Å². The quantitative estimate of drug-likeness (QED) is 0.693. The van der Waals surface area contributed by atoms with Gasteiger partial charge in [0, 0.05) is 17.7 Å². The van der Waals surface area contributed by atoms with Crippen molar-refractivity contribution in [3.63, 3.8) is 0 Å². The lowest BCUT2D eigenvalue weighted by Crippen LogP contribution is -2.19. The van der Waals surface area contributed by atoms with Gasteiger partial charge in [-0.05, 0) is 25.3 Å². The highest BCUT2D eigenvalue weighted by molar-refractivity contribution is 8.23. The highest BCUT2D eigenvalue weighted by atomic mass is 32.2. The molecule has 1 aliphatic heterocycles. The first-order valence-electron chi connectivity index (χ1n) is 5.80. The summed E-state index contributed by atoms with van der Waals surface area (Å²) in [4.78, 5) is 11.5. The molecule has 1 saturated heterocycles. The number of thioether (sulfide) groups is 3. The first kappa shape index (κ1) is 15.5. The van der Waals surface area contributed by atoms with E-state index in [4.69, 9.17) is 0 Å². The van der Waals surface area contributed by atoms with Crippen molar-refractivity contribution in [2.24, 2.45) is 0 Å². The molecular formula is C13H24OS3. The van der Waals surface area contributed by atoms with E-state index in [0.717, 1.165) is 16.3 Å². The fourth-order valence-corrected chi connectivity index (χ4v) is 7.22. The number of rotatable bonds is 3. The molecule has 1 heterocycles. The lowest BCUT2D eigenvalue weighted by atomic mass is 10.00. The minimum absolute atomic E-state index is 0. The van der Waals surface area contributed by atoms with Crippen LogP contribution in [0.4, 0.5) is 0 Å². The van der Waals surface area contributed by atoms with Crippen molar-refractivity contribution in [2.45, 2.75) is 55.1 Å². The third-order valence-electron chi connectivity index (χ3n) is 2.99. The highest BCUT2D eigenvalue weighted by Crippen LogP contribution is 2.50. The Labute approximate surface area is 119 Å². The summed E-state index contributed by atoms with van der Waals surface area (Å²) in [6, 6.07) is 0. The van der Waals surface area contributed by atoms with E-state index in [-0.39, 0.29) is 14.0 Å². The summed E-state index contributed by atoms with van der Waals surface area (Å²) in [5.74, 6) is 0.952. The number of carbonyl (C=O) groups excluding carboxylic acids is 1. The second-order valence-electron chi connectivity index (χ2n) is 4.44. The van der Waals surface area contributed by atoms with Gasteiger partial charge in [-0.25, -0.2) is 0 Å². The van der Waals surface area contributed by atoms with Crippen LogP contribution in [0.5, 0.6) is 0 Å². The molecule has 100 valence electrons. The van der Waals surface area contributed by atoms with E-state index in [0.29, 0.717) is 10.2 Å². The molecule has 0 aromatic heterocycles. The Hall–Kier alpha value is 0.460. The first-order valence-corrected chi connectivity index (χ1v) is 8.67. The Balaban J connectivity index is 0.00000144. The molecule has 2 unspecified atom stereocenters. The molecule has 0 amide bonds. The zero-order chi connectivity index (χ0) is 11.5. The van der Waals surface area contributed by atoms with Gasteiger partial charge >= 0.3 is 0 Å². The van der Waals surface area contributed by atoms with Crippen LogP contribution in [0.2, 0.25) is 0 Å². The van der Waals surface area contributed by atoms with Gasteiger partial charge in [-0.15, -0.1) is 23.5 Å². The molecule has 17 heavy (non-hydrogen) atoms. The fourth-order valence-electron chi connectivity index (χ4n) is 2.14. The molecule has 2 aliphatic rings. The van der Waals surface area contributed by atoms with Crippen molar-refractivity contribution in [2.75, 3.05) is 5.75 Å². The van der Waals surface area contributed by atoms with Crippen molar-refractivity contribution in [3.05, 3.63) is 12.2 Å². The second-order valence-corrected chi connectivity index (χ2v) is 8.63. The lowest BCUT2D eigenvalue weighted by molar-refractivity contribution is -0.107. The van der Waals surface area contributed by atoms with Crippen molar-refractivity contribution in [1.82, 2.24) is 0 Å². The van der Waals surface area contributed by atoms with Crippen LogP contribution in [0.15, 0.2) is 12.2 Å². The normalized spacial score (nSPS) is 31.5. The Kier molecular flexibility index (Phi) is 6.52. The molecular weight excluding hydrogens is 268 g/mol. The number of hydrogen-bond acceptors (Lipinski definition) is 4. The maximum Gasteiger partial charge on any atom is 0.214 e. The average Bonchev–Trinajstić information content (AvgIpc) is 2.68. The van der Waals surface area contributed by atoms with Crippen LogP contribution >= 0.6 is 35.3 Å². The summed E-state index contributed by atoms with van der Waals surface area (Å²) in [5.41, 5.74) is 0.676. The van der Waals surface area contributed by atoms with Gasteiger partial charge in [-0.3, -0.25) is 4.79 Å². The molecule has 1 saturated carbocycles. The second kappa shape index (κ2) is 7.15. The molecule has 0 bridgehead atoms. The Morgan fingerprint density at radius 1 is 1.35 bits per heavy atom. The number of hydrogen-bond donors (Lipinski definition) is 0. The van der Waals surface area contributed by atoms with Crippen molar-refractivity contribution in [1.29, 1.82) is 0 Å². The van der Waals surface area contributed by atoms with Gasteiger partial charge in [0.2, 0.25) is 5.12 Å². The predicted molar refractivity (Wildman–Crippen MR) is 86.1 cm³/mol. The first-order chi connectivity index (χ1) is 7.66. The summed E-state index contributed by atoms with van der Waals surface area (Å²) in [6.07, 6.45) is 5.58. The molecule has 0 spiro atoms. The van der Waals surface area contributed by atoms with E-state index in [2.05, 4.69) is 30.1 Å². The molecule has 4 heteroatoms. The number of carbonyl (C=O) groups is 1. The third kappa shape index (κ3) is 4.25. The topological polar surface area (TPSA) is 17.1 Å². The van der Waals surface area contributed by atoms with Gasteiger partial charge in [0.1, 0.15) is 0 Å². The lowest BCUT2D eigenvalue weighted by Gasteiger charge is -2.22. The monoisotopic (exact) mass is 292 g/mol. The standard InChI is InChI=1S/C12H18OS3.CH4.H2/c1-8(2)12(13)14-7-11-15-9-5-3-4-6-10(9)16-11;;/h9-11H,1,3-7H2,2H3;1H4;1H. The molecule has 2 fully saturated rings. The minimum atomic E-state index is 0. The molecule has 0 N–H and O–H groups in total. The maximum atomic E-state index is 11.5.